The van der Waals surface area contributed by atoms with Crippen LogP contribution >= 0.6 is 0 Å². The van der Waals surface area contributed by atoms with Crippen molar-refractivity contribution in [2.75, 3.05) is 13.2 Å². The summed E-state index contributed by atoms with van der Waals surface area (Å²) in [5.74, 6) is 0. The molecule has 0 aliphatic carbocycles. The van der Waals surface area contributed by atoms with Gasteiger partial charge in [-0.1, -0.05) is 41.5 Å². The minimum atomic E-state index is -0.486. The minimum Gasteiger partial charge on any atom is -0.396 e. The maximum Gasteiger partial charge on any atom is 0.0551 e. The van der Waals surface area contributed by atoms with E-state index in [-0.39, 0.29) is 29.5 Å². The monoisotopic (exact) mass is 304 g/mol. The molecule has 4 N–H and O–H groups in total. The Bertz CT molecular complexity index is 269. The van der Waals surface area contributed by atoms with Gasteiger partial charge in [0.15, 0.2) is 0 Å². The van der Waals surface area contributed by atoms with E-state index in [1.165, 1.54) is 0 Å². The summed E-state index contributed by atoms with van der Waals surface area (Å²) < 4.78 is 0. The zero-order valence-corrected chi connectivity index (χ0v) is 14.7. The molecular weight excluding hydrogens is 268 g/mol. The van der Waals surface area contributed by atoms with Gasteiger partial charge in [-0.15, -0.1) is 0 Å². The number of rotatable bonds is 10. The van der Waals surface area contributed by atoms with Crippen LogP contribution in [0.3, 0.4) is 0 Å². The molecule has 128 valence electrons. The third kappa shape index (κ3) is 9.46. The van der Waals surface area contributed by atoms with Gasteiger partial charge in [-0.05, 0) is 41.9 Å². The second-order valence-corrected chi connectivity index (χ2v) is 8.93. The molecule has 0 saturated heterocycles. The summed E-state index contributed by atoms with van der Waals surface area (Å²) in [6.45, 7) is 11.9. The Morgan fingerprint density at radius 1 is 0.571 bits per heavy atom. The highest BCUT2D eigenvalue weighted by atomic mass is 16.3. The van der Waals surface area contributed by atoms with Crippen molar-refractivity contribution < 1.29 is 20.4 Å². The molecule has 2 unspecified atom stereocenters. The molecule has 0 spiro atoms. The van der Waals surface area contributed by atoms with E-state index in [9.17, 15) is 20.4 Å². The maximum atomic E-state index is 10.2. The molecule has 0 aliphatic heterocycles. The fourth-order valence-corrected chi connectivity index (χ4v) is 2.91. The summed E-state index contributed by atoms with van der Waals surface area (Å²) in [7, 11) is 0. The van der Waals surface area contributed by atoms with Gasteiger partial charge in [0.2, 0.25) is 0 Å². The van der Waals surface area contributed by atoms with Crippen molar-refractivity contribution in [2.24, 2.45) is 16.2 Å². The molecule has 0 aliphatic rings. The first kappa shape index (κ1) is 20.8. The van der Waals surface area contributed by atoms with Crippen LogP contribution in [0.1, 0.15) is 67.2 Å². The van der Waals surface area contributed by atoms with E-state index in [4.69, 9.17) is 0 Å². The van der Waals surface area contributed by atoms with E-state index in [1.54, 1.807) is 0 Å². The average Bonchev–Trinajstić information content (AvgIpc) is 2.25. The van der Waals surface area contributed by atoms with Gasteiger partial charge in [-0.2, -0.15) is 0 Å². The van der Waals surface area contributed by atoms with Crippen molar-refractivity contribution in [3.63, 3.8) is 0 Å². The predicted octanol–water partition coefficient (Wildman–Crippen LogP) is 2.33. The van der Waals surface area contributed by atoms with Gasteiger partial charge in [0.05, 0.1) is 12.2 Å². The molecule has 0 amide bonds. The molecule has 0 radical (unpaired) electrons. The van der Waals surface area contributed by atoms with Crippen LogP contribution in [0.25, 0.3) is 0 Å². The second-order valence-electron chi connectivity index (χ2n) is 8.93. The van der Waals surface area contributed by atoms with Gasteiger partial charge in [-0.3, -0.25) is 0 Å². The predicted molar refractivity (Wildman–Crippen MR) is 86.0 cm³/mol. The Morgan fingerprint density at radius 3 is 1.05 bits per heavy atom. The van der Waals surface area contributed by atoms with Crippen LogP contribution in [-0.2, 0) is 0 Å². The third-order valence-electron chi connectivity index (χ3n) is 4.01. The smallest absolute Gasteiger partial charge is 0.0551 e. The normalized spacial score (nSPS) is 16.9. The number of aliphatic hydroxyl groups is 4. The van der Waals surface area contributed by atoms with Crippen molar-refractivity contribution in [3.8, 4) is 0 Å². The lowest BCUT2D eigenvalue weighted by atomic mass is 9.75. The zero-order valence-electron chi connectivity index (χ0n) is 14.7. The highest BCUT2D eigenvalue weighted by Gasteiger charge is 2.31. The van der Waals surface area contributed by atoms with E-state index < -0.39 is 12.2 Å². The van der Waals surface area contributed by atoms with Crippen LogP contribution in [-0.4, -0.2) is 45.8 Å². The number of aliphatic hydroxyl groups excluding tert-OH is 4. The molecule has 21 heavy (non-hydrogen) atoms. The molecule has 0 fully saturated rings. The van der Waals surface area contributed by atoms with E-state index >= 15 is 0 Å². The van der Waals surface area contributed by atoms with Gasteiger partial charge in [0, 0.05) is 13.2 Å². The van der Waals surface area contributed by atoms with Gasteiger partial charge in [0.25, 0.3) is 0 Å². The first-order chi connectivity index (χ1) is 9.32. The zero-order chi connectivity index (χ0) is 16.9. The lowest BCUT2D eigenvalue weighted by Crippen LogP contribution is -2.32. The molecule has 4 heteroatoms. The van der Waals surface area contributed by atoms with Gasteiger partial charge in [0.1, 0.15) is 0 Å². The van der Waals surface area contributed by atoms with E-state index in [1.807, 2.05) is 41.5 Å². The van der Waals surface area contributed by atoms with Crippen LogP contribution < -0.4 is 0 Å². The van der Waals surface area contributed by atoms with E-state index in [0.29, 0.717) is 25.7 Å². The molecule has 0 aromatic rings. The largest absolute Gasteiger partial charge is 0.396 e. The maximum absolute atomic E-state index is 10.2. The third-order valence-corrected chi connectivity index (χ3v) is 4.01. The Hall–Kier alpha value is -0.160. The molecular formula is C17H36O4. The Kier molecular flexibility index (Phi) is 7.85. The van der Waals surface area contributed by atoms with Crippen LogP contribution in [0.15, 0.2) is 0 Å². The Labute approximate surface area is 130 Å². The lowest BCUT2D eigenvalue weighted by Gasteiger charge is -2.34. The summed E-state index contributed by atoms with van der Waals surface area (Å²) in [4.78, 5) is 0. The van der Waals surface area contributed by atoms with Gasteiger partial charge >= 0.3 is 0 Å². The summed E-state index contributed by atoms with van der Waals surface area (Å²) in [5.41, 5.74) is -0.754. The van der Waals surface area contributed by atoms with Crippen LogP contribution in [0.5, 0.6) is 0 Å². The molecule has 4 nitrogen and oxygen atoms in total. The molecule has 0 heterocycles. The average molecular weight is 304 g/mol. The Balaban J connectivity index is 4.42. The first-order valence-corrected chi connectivity index (χ1v) is 7.90. The topological polar surface area (TPSA) is 80.9 Å². The minimum absolute atomic E-state index is 0.0534. The van der Waals surface area contributed by atoms with Crippen LogP contribution in [0.2, 0.25) is 0 Å². The fourth-order valence-electron chi connectivity index (χ4n) is 2.91. The molecule has 0 aromatic carbocycles. The summed E-state index contributed by atoms with van der Waals surface area (Å²) >= 11 is 0. The van der Waals surface area contributed by atoms with Crippen molar-refractivity contribution in [1.29, 1.82) is 0 Å². The van der Waals surface area contributed by atoms with E-state index in [2.05, 4.69) is 0 Å². The number of hydrogen-bond acceptors (Lipinski definition) is 4. The summed E-state index contributed by atoms with van der Waals surface area (Å²) in [5, 5.41) is 39.0. The molecule has 2 atom stereocenters. The van der Waals surface area contributed by atoms with Crippen LogP contribution in [0.4, 0.5) is 0 Å². The van der Waals surface area contributed by atoms with E-state index in [0.717, 1.165) is 0 Å². The highest BCUT2D eigenvalue weighted by Crippen LogP contribution is 2.35. The molecule has 0 bridgehead atoms. The second kappa shape index (κ2) is 7.91. The quantitative estimate of drug-likeness (QED) is 0.499. The molecule has 0 rings (SSSR count). The first-order valence-electron chi connectivity index (χ1n) is 7.90. The van der Waals surface area contributed by atoms with Crippen LogP contribution in [0, 0.1) is 16.2 Å². The fraction of sp³-hybridized carbons (Fsp3) is 1.00. The SMILES string of the molecule is CC(C)(CO)CC(O)CC(C)(C)CC(O)CC(C)(C)CO. The lowest BCUT2D eigenvalue weighted by molar-refractivity contribution is 0.0133. The van der Waals surface area contributed by atoms with Gasteiger partial charge < -0.3 is 20.4 Å². The summed E-state index contributed by atoms with van der Waals surface area (Å²) in [6.07, 6.45) is 1.30. The molecule has 0 saturated carbocycles. The van der Waals surface area contributed by atoms with Gasteiger partial charge in [-0.25, -0.2) is 0 Å². The van der Waals surface area contributed by atoms with Crippen molar-refractivity contribution in [2.45, 2.75) is 79.4 Å². The van der Waals surface area contributed by atoms with Crippen molar-refractivity contribution in [3.05, 3.63) is 0 Å². The number of hydrogen-bond donors (Lipinski definition) is 4. The standard InChI is InChI=1S/C17H36O4/c1-15(2,7-13(20)9-16(3,4)11-18)8-14(21)10-17(5,6)12-19/h13-14,18-21H,7-12H2,1-6H3. The van der Waals surface area contributed by atoms with Crippen molar-refractivity contribution >= 4 is 0 Å². The highest BCUT2D eigenvalue weighted by molar-refractivity contribution is 4.82. The van der Waals surface area contributed by atoms with Crippen molar-refractivity contribution in [1.82, 2.24) is 0 Å². The Morgan fingerprint density at radius 2 is 0.810 bits per heavy atom. The summed E-state index contributed by atoms with van der Waals surface area (Å²) in [6, 6.07) is 0. The molecule has 0 aromatic heterocycles.